The Balaban J connectivity index is 1.57. The van der Waals surface area contributed by atoms with Crippen molar-refractivity contribution in [3.8, 4) is 0 Å². The van der Waals surface area contributed by atoms with Crippen LogP contribution in [0, 0.1) is 11.3 Å². The maximum Gasteiger partial charge on any atom is 0.272 e. The molecule has 39 heavy (non-hydrogen) atoms. The first kappa shape index (κ1) is 28.8. The standard InChI is InChI=1S/C26H37N7O5S/c1-25(2,3)20(24(38)33-14-26(11-17(33)21(27)35)32-18(34)13-39-26)31-23(37)19(15-7-5-4-6-8-15)30-22(36)16-12-28-9-10-29-16/h9-10,12,15,17,19-20H,4-8,11,13-14H2,1-3H3,(H2,27,35)(H,30,36)(H,31,37)(H,32,34)/t17-,19-,20+,26?/m0/s1. The van der Waals surface area contributed by atoms with Crippen LogP contribution in [0.4, 0.5) is 0 Å². The van der Waals surface area contributed by atoms with Crippen molar-refractivity contribution >= 4 is 41.3 Å². The number of nitrogens with zero attached hydrogens (tertiary/aromatic N) is 3. The highest BCUT2D eigenvalue weighted by molar-refractivity contribution is 8.01. The Morgan fingerprint density at radius 1 is 1.15 bits per heavy atom. The molecule has 1 spiro atoms. The molecule has 5 N–H and O–H groups in total. The molecule has 1 aromatic rings. The summed E-state index contributed by atoms with van der Waals surface area (Å²) in [5, 5.41) is 8.64. The van der Waals surface area contributed by atoms with Gasteiger partial charge in [0.1, 0.15) is 28.7 Å². The zero-order valence-electron chi connectivity index (χ0n) is 22.6. The molecule has 4 rings (SSSR count). The molecule has 0 radical (unpaired) electrons. The molecule has 1 aromatic heterocycles. The van der Waals surface area contributed by atoms with Gasteiger partial charge < -0.3 is 26.6 Å². The third-order valence-corrected chi connectivity index (χ3v) is 9.03. The molecule has 5 amide bonds. The van der Waals surface area contributed by atoms with Gasteiger partial charge in [0.05, 0.1) is 18.5 Å². The Labute approximate surface area is 232 Å². The molecule has 13 heteroatoms. The first-order valence-electron chi connectivity index (χ1n) is 13.3. The van der Waals surface area contributed by atoms with Crippen molar-refractivity contribution in [3.05, 3.63) is 24.3 Å². The molecule has 212 valence electrons. The number of hydrogen-bond acceptors (Lipinski definition) is 8. The van der Waals surface area contributed by atoms with E-state index in [4.69, 9.17) is 5.73 Å². The Kier molecular flexibility index (Phi) is 8.48. The molecular formula is C26H37N7O5S. The van der Waals surface area contributed by atoms with Crippen molar-refractivity contribution < 1.29 is 24.0 Å². The molecule has 2 aliphatic heterocycles. The summed E-state index contributed by atoms with van der Waals surface area (Å²) in [6, 6.07) is -2.81. The number of hydrogen-bond donors (Lipinski definition) is 4. The monoisotopic (exact) mass is 559 g/mol. The molecule has 12 nitrogen and oxygen atoms in total. The quantitative estimate of drug-likeness (QED) is 0.369. The predicted molar refractivity (Wildman–Crippen MR) is 144 cm³/mol. The minimum Gasteiger partial charge on any atom is -0.368 e. The van der Waals surface area contributed by atoms with Gasteiger partial charge in [-0.25, -0.2) is 4.98 Å². The molecule has 3 heterocycles. The summed E-state index contributed by atoms with van der Waals surface area (Å²) < 4.78 is 0. The van der Waals surface area contributed by atoms with E-state index in [1.807, 2.05) is 20.8 Å². The van der Waals surface area contributed by atoms with Gasteiger partial charge >= 0.3 is 0 Å². The summed E-state index contributed by atoms with van der Waals surface area (Å²) in [7, 11) is 0. The van der Waals surface area contributed by atoms with Crippen LogP contribution in [0.2, 0.25) is 0 Å². The number of nitrogens with one attached hydrogen (secondary N) is 3. The number of carbonyl (C=O) groups is 5. The number of carbonyl (C=O) groups excluding carboxylic acids is 5. The highest BCUT2D eigenvalue weighted by atomic mass is 32.2. The van der Waals surface area contributed by atoms with Gasteiger partial charge in [-0.1, -0.05) is 40.0 Å². The molecule has 1 saturated carbocycles. The average molecular weight is 560 g/mol. The molecule has 4 atom stereocenters. The molecule has 3 fully saturated rings. The van der Waals surface area contributed by atoms with E-state index in [-0.39, 0.29) is 36.2 Å². The fourth-order valence-electron chi connectivity index (χ4n) is 5.63. The van der Waals surface area contributed by atoms with E-state index >= 15 is 0 Å². The topological polar surface area (TPSA) is 176 Å². The van der Waals surface area contributed by atoms with Gasteiger partial charge in [-0.15, -0.1) is 11.8 Å². The van der Waals surface area contributed by atoms with Gasteiger partial charge in [0, 0.05) is 18.8 Å². The van der Waals surface area contributed by atoms with Gasteiger partial charge in [-0.05, 0) is 24.2 Å². The lowest BCUT2D eigenvalue weighted by atomic mass is 9.82. The number of likely N-dealkylation sites (tertiary alicyclic amines) is 1. The van der Waals surface area contributed by atoms with Crippen LogP contribution in [0.5, 0.6) is 0 Å². The van der Waals surface area contributed by atoms with E-state index in [0.717, 1.165) is 32.1 Å². The van der Waals surface area contributed by atoms with Crippen molar-refractivity contribution in [1.82, 2.24) is 30.8 Å². The van der Waals surface area contributed by atoms with Crippen molar-refractivity contribution in [3.63, 3.8) is 0 Å². The maximum atomic E-state index is 14.0. The van der Waals surface area contributed by atoms with E-state index < -0.39 is 52.0 Å². The molecule has 1 aliphatic carbocycles. The number of nitrogens with two attached hydrogens (primary N) is 1. The number of amides is 5. The second-order valence-corrected chi connectivity index (χ2v) is 13.0. The van der Waals surface area contributed by atoms with E-state index in [1.165, 1.54) is 35.3 Å². The number of thioether (sulfide) groups is 1. The molecule has 2 saturated heterocycles. The molecule has 1 unspecified atom stereocenters. The first-order chi connectivity index (χ1) is 18.4. The third-order valence-electron chi connectivity index (χ3n) is 7.67. The second-order valence-electron chi connectivity index (χ2n) is 11.7. The van der Waals surface area contributed by atoms with Crippen LogP contribution >= 0.6 is 11.8 Å². The summed E-state index contributed by atoms with van der Waals surface area (Å²) in [6.07, 6.45) is 8.87. The molecule has 0 aromatic carbocycles. The smallest absolute Gasteiger partial charge is 0.272 e. The molecular weight excluding hydrogens is 522 g/mol. The SMILES string of the molecule is CC(C)(C)[C@H](NC(=O)[C@@H](NC(=O)c1cnccn1)C1CCCCC1)C(=O)N1CC2(C[C@H]1C(N)=O)NC(=O)CS2. The van der Waals surface area contributed by atoms with Crippen LogP contribution in [0.25, 0.3) is 0 Å². The molecule has 0 bridgehead atoms. The van der Waals surface area contributed by atoms with Crippen LogP contribution in [0.1, 0.15) is 69.8 Å². The van der Waals surface area contributed by atoms with Gasteiger partial charge in [-0.3, -0.25) is 29.0 Å². The van der Waals surface area contributed by atoms with Crippen molar-refractivity contribution in [2.75, 3.05) is 12.3 Å². The highest BCUT2D eigenvalue weighted by Gasteiger charge is 2.54. The summed E-state index contributed by atoms with van der Waals surface area (Å²) in [5.74, 6) is -2.14. The van der Waals surface area contributed by atoms with Crippen molar-refractivity contribution in [2.45, 2.75) is 82.3 Å². The summed E-state index contributed by atoms with van der Waals surface area (Å²) in [4.78, 5) is 73.6. The van der Waals surface area contributed by atoms with Crippen LogP contribution in [0.3, 0.4) is 0 Å². The summed E-state index contributed by atoms with van der Waals surface area (Å²) >= 11 is 1.36. The zero-order valence-corrected chi connectivity index (χ0v) is 23.4. The Bertz CT molecular complexity index is 1120. The van der Waals surface area contributed by atoms with Crippen molar-refractivity contribution in [1.29, 1.82) is 0 Å². The lowest BCUT2D eigenvalue weighted by molar-refractivity contribution is -0.143. The summed E-state index contributed by atoms with van der Waals surface area (Å²) in [6.45, 7) is 5.57. The number of aromatic nitrogens is 2. The minimum atomic E-state index is -1.01. The van der Waals surface area contributed by atoms with Crippen LogP contribution < -0.4 is 21.7 Å². The van der Waals surface area contributed by atoms with Crippen LogP contribution in [0.15, 0.2) is 18.6 Å². The third kappa shape index (κ3) is 6.51. The Morgan fingerprint density at radius 2 is 1.87 bits per heavy atom. The fourth-order valence-corrected chi connectivity index (χ4v) is 6.80. The van der Waals surface area contributed by atoms with E-state index in [9.17, 15) is 24.0 Å². The normalized spacial score (nSPS) is 25.2. The van der Waals surface area contributed by atoms with Gasteiger partial charge in [-0.2, -0.15) is 0 Å². The first-order valence-corrected chi connectivity index (χ1v) is 14.3. The zero-order chi connectivity index (χ0) is 28.4. The van der Waals surface area contributed by atoms with Crippen molar-refractivity contribution in [2.24, 2.45) is 17.1 Å². The lowest BCUT2D eigenvalue weighted by Gasteiger charge is -2.37. The second kappa shape index (κ2) is 11.5. The Morgan fingerprint density at radius 3 is 2.44 bits per heavy atom. The van der Waals surface area contributed by atoms with E-state index in [0.29, 0.717) is 0 Å². The minimum absolute atomic E-state index is 0.0948. The fraction of sp³-hybridized carbons (Fsp3) is 0.654. The van der Waals surface area contributed by atoms with E-state index in [1.54, 1.807) is 0 Å². The molecule has 3 aliphatic rings. The Hall–Kier alpha value is -3.22. The van der Waals surface area contributed by atoms with Crippen LogP contribution in [-0.2, 0) is 19.2 Å². The maximum absolute atomic E-state index is 14.0. The number of primary amides is 1. The summed E-state index contributed by atoms with van der Waals surface area (Å²) in [5.41, 5.74) is 5.04. The van der Waals surface area contributed by atoms with Crippen LogP contribution in [-0.4, -0.2) is 79.7 Å². The van der Waals surface area contributed by atoms with Gasteiger partial charge in [0.15, 0.2) is 0 Å². The lowest BCUT2D eigenvalue weighted by Crippen LogP contribution is -2.61. The predicted octanol–water partition coefficient (Wildman–Crippen LogP) is 0.332. The van der Waals surface area contributed by atoms with E-state index in [2.05, 4.69) is 25.9 Å². The van der Waals surface area contributed by atoms with Gasteiger partial charge in [0.2, 0.25) is 23.6 Å². The average Bonchev–Trinajstić information content (AvgIpc) is 3.47. The highest BCUT2D eigenvalue weighted by Crippen LogP contribution is 2.40. The van der Waals surface area contributed by atoms with Gasteiger partial charge in [0.25, 0.3) is 5.91 Å². The largest absolute Gasteiger partial charge is 0.368 e. The number of rotatable bonds is 7.